The van der Waals surface area contributed by atoms with Crippen LogP contribution in [0.25, 0.3) is 0 Å². The first-order chi connectivity index (χ1) is 13.1. The van der Waals surface area contributed by atoms with Gasteiger partial charge < -0.3 is 25.3 Å². The molecule has 0 spiro atoms. The Kier molecular flexibility index (Phi) is 6.44. The first-order valence-electron chi connectivity index (χ1n) is 9.29. The van der Waals surface area contributed by atoms with Crippen molar-refractivity contribution in [3.8, 4) is 11.5 Å². The van der Waals surface area contributed by atoms with E-state index in [0.29, 0.717) is 11.4 Å². The van der Waals surface area contributed by atoms with Crippen LogP contribution in [-0.2, 0) is 9.59 Å². The van der Waals surface area contributed by atoms with Crippen molar-refractivity contribution < 1.29 is 24.7 Å². The topological polar surface area (TPSA) is 95.1 Å². The minimum absolute atomic E-state index is 0.110. The molecule has 0 aromatic heterocycles. The molecule has 142 valence electrons. The molecule has 1 aliphatic rings. The van der Waals surface area contributed by atoms with Crippen molar-refractivity contribution in [2.24, 2.45) is 0 Å². The molecule has 6 nitrogen and oxygen atoms in total. The summed E-state index contributed by atoms with van der Waals surface area (Å²) in [4.78, 5) is 23.6. The average molecular weight is 368 g/mol. The van der Waals surface area contributed by atoms with Crippen LogP contribution in [0.3, 0.4) is 0 Å². The van der Waals surface area contributed by atoms with E-state index in [1.165, 1.54) is 0 Å². The number of hydrogen-bond donors (Lipinski definition) is 2. The standard InChI is InChI=1S/C21H24N2O4/c24-20(14-19(21(25)26)22-15-6-4-5-7-15)23-16-10-12-18(13-11-16)27-17-8-2-1-3-9-17/h1-3,8-13,15,19,22H,4-7,14H2,(H,23,24)(H,25,26)/t19-/m1/s1. The monoisotopic (exact) mass is 368 g/mol. The van der Waals surface area contributed by atoms with Crippen LogP contribution in [-0.4, -0.2) is 24.0 Å². The molecule has 1 atom stereocenters. The molecule has 0 bridgehead atoms. The fraction of sp³-hybridized carbons (Fsp3) is 0.333. The summed E-state index contributed by atoms with van der Waals surface area (Å²) in [6, 6.07) is 15.8. The van der Waals surface area contributed by atoms with Crippen molar-refractivity contribution in [3.63, 3.8) is 0 Å². The maximum Gasteiger partial charge on any atom is 0.230 e. The zero-order valence-electron chi connectivity index (χ0n) is 15.1. The zero-order valence-corrected chi connectivity index (χ0v) is 15.1. The Morgan fingerprint density at radius 2 is 1.67 bits per heavy atom. The number of benzene rings is 2. The van der Waals surface area contributed by atoms with E-state index < -0.39 is 12.0 Å². The molecule has 6 heteroatoms. The lowest BCUT2D eigenvalue weighted by Crippen LogP contribution is -2.97. The lowest BCUT2D eigenvalue weighted by Gasteiger charge is -2.20. The number of amides is 1. The highest BCUT2D eigenvalue weighted by Gasteiger charge is 2.25. The number of anilines is 1. The van der Waals surface area contributed by atoms with Crippen LogP contribution in [0, 0.1) is 0 Å². The molecule has 3 rings (SSSR count). The number of ether oxygens (including phenoxy) is 1. The quantitative estimate of drug-likeness (QED) is 0.737. The van der Waals surface area contributed by atoms with E-state index in [4.69, 9.17) is 4.74 Å². The van der Waals surface area contributed by atoms with E-state index in [2.05, 4.69) is 5.32 Å². The molecule has 0 heterocycles. The molecule has 27 heavy (non-hydrogen) atoms. The SMILES string of the molecule is O=C(C[C@@H]([NH2+]C1CCCC1)C(=O)[O-])Nc1ccc(Oc2ccccc2)cc1. The molecular formula is C21H24N2O4. The highest BCUT2D eigenvalue weighted by molar-refractivity contribution is 5.93. The molecule has 0 radical (unpaired) electrons. The van der Waals surface area contributed by atoms with Crippen molar-refractivity contribution in [1.82, 2.24) is 0 Å². The minimum Gasteiger partial charge on any atom is -0.544 e. The molecule has 0 saturated heterocycles. The molecule has 2 aromatic carbocycles. The predicted molar refractivity (Wildman–Crippen MR) is 99.2 cm³/mol. The Morgan fingerprint density at radius 3 is 2.30 bits per heavy atom. The van der Waals surface area contributed by atoms with Crippen LogP contribution < -0.4 is 20.5 Å². The normalized spacial score (nSPS) is 15.3. The highest BCUT2D eigenvalue weighted by atomic mass is 16.5. The molecule has 1 aliphatic carbocycles. The number of rotatable bonds is 8. The van der Waals surface area contributed by atoms with Gasteiger partial charge in [0.1, 0.15) is 17.5 Å². The average Bonchev–Trinajstić information content (AvgIpc) is 3.17. The Labute approximate surface area is 158 Å². The molecule has 1 saturated carbocycles. The summed E-state index contributed by atoms with van der Waals surface area (Å²) in [6.45, 7) is 0. The molecular weight excluding hydrogens is 344 g/mol. The van der Waals surface area contributed by atoms with Gasteiger partial charge in [0.05, 0.1) is 18.4 Å². The number of nitrogens with one attached hydrogen (secondary N) is 1. The Morgan fingerprint density at radius 1 is 1.04 bits per heavy atom. The minimum atomic E-state index is -1.19. The van der Waals surface area contributed by atoms with Gasteiger partial charge in [-0.1, -0.05) is 18.2 Å². The van der Waals surface area contributed by atoms with E-state index in [1.54, 1.807) is 29.6 Å². The third-order valence-electron chi connectivity index (χ3n) is 4.73. The van der Waals surface area contributed by atoms with E-state index in [9.17, 15) is 14.7 Å². The lowest BCUT2D eigenvalue weighted by atomic mass is 10.1. The number of hydrogen-bond acceptors (Lipinski definition) is 4. The van der Waals surface area contributed by atoms with Crippen molar-refractivity contribution in [2.45, 2.75) is 44.2 Å². The summed E-state index contributed by atoms with van der Waals surface area (Å²) in [5.74, 6) is -0.145. The number of carbonyl (C=O) groups excluding carboxylic acids is 2. The van der Waals surface area contributed by atoms with Crippen molar-refractivity contribution in [2.75, 3.05) is 5.32 Å². The van der Waals surface area contributed by atoms with E-state index in [1.807, 2.05) is 30.3 Å². The molecule has 0 aliphatic heterocycles. The highest BCUT2D eigenvalue weighted by Crippen LogP contribution is 2.22. The summed E-state index contributed by atoms with van der Waals surface area (Å²) in [7, 11) is 0. The molecule has 1 amide bonds. The number of aliphatic carboxylic acids is 1. The van der Waals surface area contributed by atoms with Crippen LogP contribution >= 0.6 is 0 Å². The molecule has 2 aromatic rings. The number of nitrogens with two attached hydrogens (primary N) is 1. The van der Waals surface area contributed by atoms with Crippen LogP contribution in [0.4, 0.5) is 5.69 Å². The van der Waals surface area contributed by atoms with Crippen LogP contribution in [0.2, 0.25) is 0 Å². The summed E-state index contributed by atoms with van der Waals surface area (Å²) >= 11 is 0. The molecule has 0 unspecified atom stereocenters. The largest absolute Gasteiger partial charge is 0.544 e. The predicted octanol–water partition coefficient (Wildman–Crippen LogP) is 1.43. The first-order valence-corrected chi connectivity index (χ1v) is 9.29. The lowest BCUT2D eigenvalue weighted by molar-refractivity contribution is -0.713. The van der Waals surface area contributed by atoms with Gasteiger partial charge in [0.25, 0.3) is 0 Å². The smallest absolute Gasteiger partial charge is 0.230 e. The Hall–Kier alpha value is -2.86. The summed E-state index contributed by atoms with van der Waals surface area (Å²) < 4.78 is 5.71. The number of carboxylic acid groups (broad SMARTS) is 1. The number of carboxylic acids is 1. The van der Waals surface area contributed by atoms with Crippen LogP contribution in [0.5, 0.6) is 11.5 Å². The van der Waals surface area contributed by atoms with Crippen molar-refractivity contribution >= 4 is 17.6 Å². The van der Waals surface area contributed by atoms with Gasteiger partial charge in [0.2, 0.25) is 5.91 Å². The van der Waals surface area contributed by atoms with Crippen molar-refractivity contribution in [1.29, 1.82) is 0 Å². The van der Waals surface area contributed by atoms with Gasteiger partial charge in [0, 0.05) is 5.69 Å². The van der Waals surface area contributed by atoms with Crippen LogP contribution in [0.15, 0.2) is 54.6 Å². The Bertz CT molecular complexity index is 756. The van der Waals surface area contributed by atoms with E-state index in [0.717, 1.165) is 31.4 Å². The first kappa shape index (κ1) is 18.9. The van der Waals surface area contributed by atoms with Gasteiger partial charge >= 0.3 is 0 Å². The third kappa shape index (κ3) is 5.82. The zero-order chi connectivity index (χ0) is 19.1. The fourth-order valence-corrected chi connectivity index (χ4v) is 3.35. The second-order valence-corrected chi connectivity index (χ2v) is 6.85. The number of para-hydroxylation sites is 1. The van der Waals surface area contributed by atoms with Gasteiger partial charge in [-0.2, -0.15) is 0 Å². The molecule has 1 fully saturated rings. The Balaban J connectivity index is 1.52. The third-order valence-corrected chi connectivity index (χ3v) is 4.73. The summed E-state index contributed by atoms with van der Waals surface area (Å²) in [5, 5.41) is 15.9. The number of quaternary nitrogens is 1. The summed E-state index contributed by atoms with van der Waals surface area (Å²) in [5.41, 5.74) is 0.596. The molecule has 3 N–H and O–H groups in total. The van der Waals surface area contributed by atoms with Crippen molar-refractivity contribution in [3.05, 3.63) is 54.6 Å². The fourth-order valence-electron chi connectivity index (χ4n) is 3.35. The van der Waals surface area contributed by atoms with Gasteiger partial charge in [-0.25, -0.2) is 0 Å². The maximum atomic E-state index is 12.2. The van der Waals surface area contributed by atoms with Gasteiger partial charge in [0.15, 0.2) is 0 Å². The number of carbonyl (C=O) groups is 2. The van der Waals surface area contributed by atoms with E-state index >= 15 is 0 Å². The van der Waals surface area contributed by atoms with Gasteiger partial charge in [-0.05, 0) is 62.1 Å². The summed E-state index contributed by atoms with van der Waals surface area (Å²) in [6.07, 6.45) is 4.11. The van der Waals surface area contributed by atoms with Gasteiger partial charge in [-0.15, -0.1) is 0 Å². The maximum absolute atomic E-state index is 12.2. The van der Waals surface area contributed by atoms with E-state index in [-0.39, 0.29) is 18.4 Å². The second kappa shape index (κ2) is 9.19. The van der Waals surface area contributed by atoms with Crippen LogP contribution in [0.1, 0.15) is 32.1 Å². The van der Waals surface area contributed by atoms with Gasteiger partial charge in [-0.3, -0.25) is 4.79 Å². The second-order valence-electron chi connectivity index (χ2n) is 6.85.